The number of ether oxygens (including phenoxy) is 2. The minimum absolute atomic E-state index is 0.113. The third-order valence-electron chi connectivity index (χ3n) is 8.19. The number of rotatable bonds is 5. The van der Waals surface area contributed by atoms with Crippen LogP contribution in [0.5, 0.6) is 0 Å². The first-order valence-corrected chi connectivity index (χ1v) is 12.8. The van der Waals surface area contributed by atoms with Crippen LogP contribution in [-0.2, 0) is 23.9 Å². The Labute approximate surface area is 211 Å². The fraction of sp³-hybridized carbons (Fsp3) is 0.536. The lowest BCUT2D eigenvalue weighted by Crippen LogP contribution is -2.58. The van der Waals surface area contributed by atoms with Crippen molar-refractivity contribution in [2.45, 2.75) is 62.9 Å². The van der Waals surface area contributed by atoms with E-state index in [4.69, 9.17) is 9.47 Å². The number of carbonyl (C=O) groups is 3. The number of likely N-dealkylation sites (tertiary alicyclic amines) is 1. The third-order valence-corrected chi connectivity index (χ3v) is 8.19. The van der Waals surface area contributed by atoms with E-state index in [1.54, 1.807) is 4.90 Å². The summed E-state index contributed by atoms with van der Waals surface area (Å²) in [6.45, 7) is 6.00. The molecule has 0 saturated carbocycles. The van der Waals surface area contributed by atoms with Gasteiger partial charge < -0.3 is 24.4 Å². The van der Waals surface area contributed by atoms with Gasteiger partial charge in [0.05, 0.1) is 25.2 Å². The Bertz CT molecular complexity index is 1100. The number of aliphatic hydroxyl groups excluding tert-OH is 1. The SMILES string of the molecule is CC[C@@]12C=CCCOC(=O)[C@@H]1[C@H]1C(=O)N([C@H](CO)c3ccccc3)C3C(=O)N(C(C)C)CC=C[C@@]31O2. The first kappa shape index (κ1) is 24.7. The van der Waals surface area contributed by atoms with Crippen LogP contribution in [0.25, 0.3) is 0 Å². The first-order valence-electron chi connectivity index (χ1n) is 12.8. The van der Waals surface area contributed by atoms with Crippen LogP contribution in [0.4, 0.5) is 0 Å². The van der Waals surface area contributed by atoms with Gasteiger partial charge in [-0.05, 0) is 32.3 Å². The van der Waals surface area contributed by atoms with Gasteiger partial charge in [0, 0.05) is 12.6 Å². The summed E-state index contributed by atoms with van der Waals surface area (Å²) in [6.07, 6.45) is 8.52. The van der Waals surface area contributed by atoms with E-state index in [9.17, 15) is 19.5 Å². The minimum atomic E-state index is -1.37. The maximum absolute atomic E-state index is 14.4. The molecule has 8 nitrogen and oxygen atoms in total. The Morgan fingerprint density at radius 1 is 1.06 bits per heavy atom. The predicted molar refractivity (Wildman–Crippen MR) is 131 cm³/mol. The van der Waals surface area contributed by atoms with Gasteiger partial charge in [0.15, 0.2) is 0 Å². The zero-order valence-electron chi connectivity index (χ0n) is 21.0. The van der Waals surface area contributed by atoms with E-state index in [1.165, 1.54) is 4.90 Å². The number of fused-ring (bicyclic) bond motifs is 2. The predicted octanol–water partition coefficient (Wildman–Crippen LogP) is 2.39. The second kappa shape index (κ2) is 9.16. The van der Waals surface area contributed by atoms with Crippen molar-refractivity contribution in [3.8, 4) is 0 Å². The minimum Gasteiger partial charge on any atom is -0.465 e. The zero-order chi connectivity index (χ0) is 25.7. The number of amides is 2. The normalized spacial score (nSPS) is 34.6. The fourth-order valence-electron chi connectivity index (χ4n) is 6.52. The number of carbonyl (C=O) groups excluding carboxylic acids is 3. The monoisotopic (exact) mass is 494 g/mol. The standard InChI is InChI=1S/C28H34N2O6/c1-4-27-13-8-9-16-35-26(34)22(27)21-24(32)30(20(17-31)19-11-6-5-7-12-19)23-25(33)29(18(2)3)15-10-14-28(21,23)36-27/h5-8,10-14,18,20-23,31H,4,9,15-17H2,1-3H3/t20-,21+,22+,23?,27-,28+/m1/s1. The molecule has 0 aliphatic carbocycles. The topological polar surface area (TPSA) is 96.4 Å². The highest BCUT2D eigenvalue weighted by Gasteiger charge is 2.76. The van der Waals surface area contributed by atoms with Crippen LogP contribution in [0.1, 0.15) is 45.2 Å². The molecule has 1 unspecified atom stereocenters. The molecule has 36 heavy (non-hydrogen) atoms. The van der Waals surface area contributed by atoms with Crippen LogP contribution >= 0.6 is 0 Å². The van der Waals surface area contributed by atoms with E-state index in [0.717, 1.165) is 0 Å². The molecule has 0 radical (unpaired) electrons. The van der Waals surface area contributed by atoms with Crippen molar-refractivity contribution in [1.82, 2.24) is 9.80 Å². The Morgan fingerprint density at radius 2 is 1.81 bits per heavy atom. The van der Waals surface area contributed by atoms with Crippen LogP contribution in [0.2, 0.25) is 0 Å². The molecule has 4 aliphatic heterocycles. The average Bonchev–Trinajstić information content (AvgIpc) is 3.21. The molecule has 0 bridgehead atoms. The highest BCUT2D eigenvalue weighted by atomic mass is 16.6. The van der Waals surface area contributed by atoms with Crippen molar-refractivity contribution in [3.05, 3.63) is 60.2 Å². The molecule has 0 aromatic heterocycles. The molecule has 1 aromatic carbocycles. The lowest BCUT2D eigenvalue weighted by Gasteiger charge is -2.41. The van der Waals surface area contributed by atoms with Gasteiger partial charge in [0.1, 0.15) is 23.2 Å². The first-order chi connectivity index (χ1) is 17.3. The van der Waals surface area contributed by atoms with Gasteiger partial charge in [-0.3, -0.25) is 14.4 Å². The molecule has 4 heterocycles. The molecule has 2 amide bonds. The van der Waals surface area contributed by atoms with Crippen molar-refractivity contribution in [1.29, 1.82) is 0 Å². The third kappa shape index (κ3) is 3.45. The number of hydrogen-bond donors (Lipinski definition) is 1. The molecule has 1 N–H and O–H groups in total. The van der Waals surface area contributed by atoms with E-state index >= 15 is 0 Å². The van der Waals surface area contributed by atoms with E-state index in [0.29, 0.717) is 24.9 Å². The highest BCUT2D eigenvalue weighted by Crippen LogP contribution is 2.59. The number of nitrogens with zero attached hydrogens (tertiary/aromatic N) is 2. The summed E-state index contributed by atoms with van der Waals surface area (Å²) in [7, 11) is 0. The summed E-state index contributed by atoms with van der Waals surface area (Å²) >= 11 is 0. The zero-order valence-corrected chi connectivity index (χ0v) is 21.0. The van der Waals surface area contributed by atoms with Gasteiger partial charge >= 0.3 is 5.97 Å². The summed E-state index contributed by atoms with van der Waals surface area (Å²) < 4.78 is 12.4. The Balaban J connectivity index is 1.73. The molecule has 1 aromatic rings. The molecule has 192 valence electrons. The van der Waals surface area contributed by atoms with Crippen LogP contribution in [0.3, 0.4) is 0 Å². The van der Waals surface area contributed by atoms with Crippen LogP contribution in [-0.4, -0.2) is 75.7 Å². The van der Waals surface area contributed by atoms with Crippen molar-refractivity contribution in [2.75, 3.05) is 19.8 Å². The fourth-order valence-corrected chi connectivity index (χ4v) is 6.52. The van der Waals surface area contributed by atoms with Gasteiger partial charge in [0.25, 0.3) is 0 Å². The van der Waals surface area contributed by atoms with Crippen molar-refractivity contribution >= 4 is 17.8 Å². The average molecular weight is 495 g/mol. The smallest absolute Gasteiger partial charge is 0.313 e. The molecular weight excluding hydrogens is 460 g/mol. The second-order valence-corrected chi connectivity index (χ2v) is 10.3. The van der Waals surface area contributed by atoms with Gasteiger partial charge in [-0.2, -0.15) is 0 Å². The summed E-state index contributed by atoms with van der Waals surface area (Å²) in [5, 5.41) is 10.5. The summed E-state index contributed by atoms with van der Waals surface area (Å²) in [4.78, 5) is 45.3. The van der Waals surface area contributed by atoms with Gasteiger partial charge in [0.2, 0.25) is 11.8 Å². The molecule has 2 saturated heterocycles. The molecule has 4 aliphatic rings. The highest BCUT2D eigenvalue weighted by molar-refractivity contribution is 5.99. The number of hydrogen-bond acceptors (Lipinski definition) is 6. The van der Waals surface area contributed by atoms with Crippen LogP contribution < -0.4 is 0 Å². The summed E-state index contributed by atoms with van der Waals surface area (Å²) in [5.74, 6) is -2.97. The van der Waals surface area contributed by atoms with Gasteiger partial charge in [-0.15, -0.1) is 0 Å². The Kier molecular flexibility index (Phi) is 6.29. The van der Waals surface area contributed by atoms with Crippen molar-refractivity contribution in [3.63, 3.8) is 0 Å². The van der Waals surface area contributed by atoms with E-state index < -0.39 is 41.1 Å². The molecule has 8 heteroatoms. The molecule has 6 atom stereocenters. The lowest BCUT2D eigenvalue weighted by molar-refractivity contribution is -0.164. The number of benzene rings is 1. The molecular formula is C28H34N2O6. The Hall–Kier alpha value is -2.97. The quantitative estimate of drug-likeness (QED) is 0.499. The summed E-state index contributed by atoms with van der Waals surface area (Å²) in [5.41, 5.74) is -1.72. The Morgan fingerprint density at radius 3 is 2.47 bits per heavy atom. The van der Waals surface area contributed by atoms with Crippen LogP contribution in [0.15, 0.2) is 54.6 Å². The van der Waals surface area contributed by atoms with E-state index in [1.807, 2.05) is 75.4 Å². The number of cyclic esters (lactones) is 1. The maximum Gasteiger partial charge on any atom is 0.313 e. The maximum atomic E-state index is 14.4. The van der Waals surface area contributed by atoms with E-state index in [2.05, 4.69) is 0 Å². The molecule has 5 rings (SSSR count). The summed E-state index contributed by atoms with van der Waals surface area (Å²) in [6, 6.07) is 7.27. The van der Waals surface area contributed by atoms with Crippen molar-refractivity contribution < 1.29 is 29.0 Å². The second-order valence-electron chi connectivity index (χ2n) is 10.3. The lowest BCUT2D eigenvalue weighted by atomic mass is 9.73. The van der Waals surface area contributed by atoms with Gasteiger partial charge in [-0.25, -0.2) is 0 Å². The van der Waals surface area contributed by atoms with Crippen LogP contribution in [0, 0.1) is 11.8 Å². The van der Waals surface area contributed by atoms with Gasteiger partial charge in [-0.1, -0.05) is 61.6 Å². The number of esters is 1. The van der Waals surface area contributed by atoms with E-state index in [-0.39, 0.29) is 31.1 Å². The molecule has 1 spiro atoms. The van der Waals surface area contributed by atoms with Crippen molar-refractivity contribution in [2.24, 2.45) is 11.8 Å². The molecule has 2 fully saturated rings. The largest absolute Gasteiger partial charge is 0.465 e. The number of aliphatic hydroxyl groups is 1.